The molecule has 6 heterocycles. The van der Waals surface area contributed by atoms with Crippen LogP contribution in [0.4, 0.5) is 5.69 Å². The Bertz CT molecular complexity index is 1320. The lowest BCUT2D eigenvalue weighted by atomic mass is 10.1. The fourth-order valence-electron chi connectivity index (χ4n) is 4.75. The van der Waals surface area contributed by atoms with Crippen molar-refractivity contribution in [2.75, 3.05) is 31.1 Å². The summed E-state index contributed by atoms with van der Waals surface area (Å²) in [6.07, 6.45) is 8.12. The molecule has 2 aliphatic rings. The van der Waals surface area contributed by atoms with Crippen LogP contribution in [0.15, 0.2) is 47.7 Å². The van der Waals surface area contributed by atoms with Crippen LogP contribution in [0.5, 0.6) is 0 Å². The molecule has 0 aliphatic carbocycles. The van der Waals surface area contributed by atoms with Crippen LogP contribution in [0.1, 0.15) is 18.5 Å². The van der Waals surface area contributed by atoms with Crippen LogP contribution < -0.4 is 10.5 Å². The SMILES string of the molecule is Cc1cn2nc(-c3cc(=O)n4cc(N5CCN6CCC[C@@H]6C5)ccc4n3)cc2cn1. The normalized spacial score (nSPS) is 19.6. The number of fused-ring (bicyclic) bond motifs is 3. The molecule has 8 heteroatoms. The maximum Gasteiger partial charge on any atom is 0.258 e. The van der Waals surface area contributed by atoms with Crippen LogP contribution in [0, 0.1) is 6.92 Å². The quantitative estimate of drug-likeness (QED) is 0.512. The molecule has 0 aromatic carbocycles. The fraction of sp³-hybridized carbons (Fsp3) is 0.364. The van der Waals surface area contributed by atoms with Gasteiger partial charge in [-0.05, 0) is 44.5 Å². The van der Waals surface area contributed by atoms with Gasteiger partial charge in [-0.3, -0.25) is 19.1 Å². The molecule has 0 saturated carbocycles. The average molecular weight is 401 g/mol. The summed E-state index contributed by atoms with van der Waals surface area (Å²) in [7, 11) is 0. The number of hydrogen-bond donors (Lipinski definition) is 0. The molecule has 8 nitrogen and oxygen atoms in total. The number of hydrogen-bond acceptors (Lipinski definition) is 6. The third-order valence-corrected chi connectivity index (χ3v) is 6.33. The first-order chi connectivity index (χ1) is 14.6. The lowest BCUT2D eigenvalue weighted by molar-refractivity contribution is 0.231. The molecular formula is C22H23N7O. The average Bonchev–Trinajstić information content (AvgIpc) is 3.39. The smallest absolute Gasteiger partial charge is 0.258 e. The topological polar surface area (TPSA) is 71.0 Å². The third-order valence-electron chi connectivity index (χ3n) is 6.33. The molecule has 1 atom stereocenters. The summed E-state index contributed by atoms with van der Waals surface area (Å²) in [4.78, 5) is 26.9. The second-order valence-electron chi connectivity index (χ2n) is 8.30. The van der Waals surface area contributed by atoms with Crippen LogP contribution in [-0.2, 0) is 0 Å². The summed E-state index contributed by atoms with van der Waals surface area (Å²) in [6.45, 7) is 6.27. The van der Waals surface area contributed by atoms with Gasteiger partial charge in [0.2, 0.25) is 0 Å². The summed E-state index contributed by atoms with van der Waals surface area (Å²) in [6, 6.07) is 8.11. The van der Waals surface area contributed by atoms with Crippen molar-refractivity contribution in [2.45, 2.75) is 25.8 Å². The molecule has 4 aromatic rings. The second kappa shape index (κ2) is 6.63. The van der Waals surface area contributed by atoms with Gasteiger partial charge >= 0.3 is 0 Å². The first kappa shape index (κ1) is 17.6. The van der Waals surface area contributed by atoms with Gasteiger partial charge in [0.1, 0.15) is 11.3 Å². The highest BCUT2D eigenvalue weighted by atomic mass is 16.1. The standard InChI is InChI=1S/C22H23N7O/c1-15-12-29-18(11-23-15)9-20(25-29)19-10-22(30)28-14-17(4-5-21(28)24-19)27-8-7-26-6-2-3-16(26)13-27/h4-5,9-12,14,16H,2-3,6-8,13H2,1H3/t16-/m1/s1. The van der Waals surface area contributed by atoms with Gasteiger partial charge in [-0.25, -0.2) is 9.50 Å². The Kier molecular flexibility index (Phi) is 3.89. The largest absolute Gasteiger partial charge is 0.367 e. The van der Waals surface area contributed by atoms with E-state index in [2.05, 4.69) is 25.9 Å². The second-order valence-corrected chi connectivity index (χ2v) is 8.30. The van der Waals surface area contributed by atoms with E-state index in [1.165, 1.54) is 19.4 Å². The molecule has 0 bridgehead atoms. The number of anilines is 1. The molecule has 4 aromatic heterocycles. The van der Waals surface area contributed by atoms with Crippen LogP contribution in [0.2, 0.25) is 0 Å². The Labute approximate surface area is 173 Å². The summed E-state index contributed by atoms with van der Waals surface area (Å²) in [5.74, 6) is 0. The van der Waals surface area contributed by atoms with Crippen molar-refractivity contribution < 1.29 is 0 Å². The van der Waals surface area contributed by atoms with E-state index in [1.54, 1.807) is 21.2 Å². The lowest BCUT2D eigenvalue weighted by Crippen LogP contribution is -2.50. The number of pyridine rings is 1. The van der Waals surface area contributed by atoms with Crippen molar-refractivity contribution in [3.05, 3.63) is 58.9 Å². The summed E-state index contributed by atoms with van der Waals surface area (Å²) >= 11 is 0. The number of nitrogens with zero attached hydrogens (tertiary/aromatic N) is 7. The number of aryl methyl sites for hydroxylation is 1. The Morgan fingerprint density at radius 1 is 1.07 bits per heavy atom. The monoisotopic (exact) mass is 401 g/mol. The van der Waals surface area contributed by atoms with Crippen molar-refractivity contribution in [1.29, 1.82) is 0 Å². The van der Waals surface area contributed by atoms with Crippen LogP contribution >= 0.6 is 0 Å². The molecule has 0 N–H and O–H groups in total. The molecular weight excluding hydrogens is 378 g/mol. The van der Waals surface area contributed by atoms with Crippen LogP contribution in [0.25, 0.3) is 22.6 Å². The molecule has 6 rings (SSSR count). The van der Waals surface area contributed by atoms with Gasteiger partial charge in [0.15, 0.2) is 0 Å². The van der Waals surface area contributed by atoms with Crippen LogP contribution in [-0.4, -0.2) is 61.1 Å². The van der Waals surface area contributed by atoms with E-state index >= 15 is 0 Å². The molecule has 0 radical (unpaired) electrons. The Morgan fingerprint density at radius 2 is 2.00 bits per heavy atom. The van der Waals surface area contributed by atoms with Crippen molar-refractivity contribution in [3.63, 3.8) is 0 Å². The summed E-state index contributed by atoms with van der Waals surface area (Å²) < 4.78 is 3.41. The molecule has 30 heavy (non-hydrogen) atoms. The summed E-state index contributed by atoms with van der Waals surface area (Å²) in [5.41, 5.74) is 4.63. The Hall–Kier alpha value is -3.26. The van der Waals surface area contributed by atoms with E-state index in [-0.39, 0.29) is 5.56 Å². The van der Waals surface area contributed by atoms with Gasteiger partial charge in [0, 0.05) is 37.9 Å². The minimum atomic E-state index is -0.0947. The molecule has 2 fully saturated rings. The summed E-state index contributed by atoms with van der Waals surface area (Å²) in [5, 5.41) is 4.57. The van der Waals surface area contributed by atoms with Gasteiger partial charge in [0.25, 0.3) is 5.56 Å². The number of rotatable bonds is 2. The number of aromatic nitrogens is 5. The highest BCUT2D eigenvalue weighted by Crippen LogP contribution is 2.26. The van der Waals surface area contributed by atoms with Gasteiger partial charge < -0.3 is 4.90 Å². The minimum absolute atomic E-state index is 0.0947. The molecule has 0 spiro atoms. The maximum atomic E-state index is 12.9. The first-order valence-corrected chi connectivity index (χ1v) is 10.5. The van der Waals surface area contributed by atoms with E-state index in [4.69, 9.17) is 4.98 Å². The first-order valence-electron chi connectivity index (χ1n) is 10.5. The van der Waals surface area contributed by atoms with Crippen molar-refractivity contribution >= 4 is 16.9 Å². The van der Waals surface area contributed by atoms with E-state index in [0.717, 1.165) is 36.5 Å². The zero-order valence-corrected chi connectivity index (χ0v) is 16.9. The van der Waals surface area contributed by atoms with Gasteiger partial charge in [-0.2, -0.15) is 5.10 Å². The third kappa shape index (κ3) is 2.87. The maximum absolute atomic E-state index is 12.9. The Morgan fingerprint density at radius 3 is 2.93 bits per heavy atom. The zero-order valence-electron chi connectivity index (χ0n) is 16.9. The Balaban J connectivity index is 1.36. The lowest BCUT2D eigenvalue weighted by Gasteiger charge is -2.38. The van der Waals surface area contributed by atoms with Gasteiger partial charge in [0.05, 0.1) is 35.0 Å². The molecule has 2 saturated heterocycles. The van der Waals surface area contributed by atoms with E-state index in [1.807, 2.05) is 31.5 Å². The van der Waals surface area contributed by atoms with E-state index < -0.39 is 0 Å². The minimum Gasteiger partial charge on any atom is -0.367 e. The predicted octanol–water partition coefficient (Wildman–Crippen LogP) is 2.00. The molecule has 152 valence electrons. The molecule has 2 aliphatic heterocycles. The van der Waals surface area contributed by atoms with Crippen molar-refractivity contribution in [2.24, 2.45) is 0 Å². The fourth-order valence-corrected chi connectivity index (χ4v) is 4.75. The molecule has 0 amide bonds. The van der Waals surface area contributed by atoms with E-state index in [0.29, 0.717) is 23.1 Å². The van der Waals surface area contributed by atoms with Crippen molar-refractivity contribution in [3.8, 4) is 11.4 Å². The van der Waals surface area contributed by atoms with Crippen LogP contribution in [0.3, 0.4) is 0 Å². The van der Waals surface area contributed by atoms with E-state index in [9.17, 15) is 4.79 Å². The number of piperazine rings is 1. The van der Waals surface area contributed by atoms with Gasteiger partial charge in [-0.1, -0.05) is 0 Å². The zero-order chi connectivity index (χ0) is 20.2. The highest BCUT2D eigenvalue weighted by molar-refractivity contribution is 5.64. The predicted molar refractivity (Wildman–Crippen MR) is 115 cm³/mol. The van der Waals surface area contributed by atoms with Crippen molar-refractivity contribution in [1.82, 2.24) is 28.9 Å². The van der Waals surface area contributed by atoms with Gasteiger partial charge in [-0.15, -0.1) is 0 Å². The highest BCUT2D eigenvalue weighted by Gasteiger charge is 2.30. The molecule has 0 unspecified atom stereocenters.